The molecule has 0 radical (unpaired) electrons. The molecule has 30 heavy (non-hydrogen) atoms. The Bertz CT molecular complexity index is 927. The molecule has 0 spiro atoms. The molecule has 1 heterocycles. The Balaban J connectivity index is 1.52. The van der Waals surface area contributed by atoms with Gasteiger partial charge in [0.1, 0.15) is 11.6 Å². The van der Waals surface area contributed by atoms with Gasteiger partial charge in [0, 0.05) is 23.7 Å². The number of piperidine rings is 1. The van der Waals surface area contributed by atoms with Crippen LogP contribution in [-0.4, -0.2) is 36.4 Å². The van der Waals surface area contributed by atoms with Crippen LogP contribution in [0.5, 0.6) is 5.75 Å². The first kappa shape index (κ1) is 20.4. The number of nitrogens with one attached hydrogen (secondary N) is 1. The fourth-order valence-electron chi connectivity index (χ4n) is 4.77. The topological polar surface area (TPSA) is 58.6 Å². The number of benzene rings is 2. The van der Waals surface area contributed by atoms with Crippen LogP contribution in [0.15, 0.2) is 42.5 Å². The molecule has 0 unspecified atom stereocenters. The predicted octanol–water partition coefficient (Wildman–Crippen LogP) is 4.88. The third-order valence-electron chi connectivity index (χ3n) is 6.31. The standard InChI is InChI=1S/C24H27FN2O3/c1-30-22-15-18(24(29)27-14-4-6-16-5-2-3-7-21(16)27)10-13-20(22)26-23(28)17-8-11-19(25)12-9-17/h8-13,15-16,21H,2-7,14H2,1H3,(H,26,28)/t16-,21-/m0/s1. The van der Waals surface area contributed by atoms with Crippen molar-refractivity contribution in [2.75, 3.05) is 19.0 Å². The monoisotopic (exact) mass is 410 g/mol. The molecule has 4 rings (SSSR count). The van der Waals surface area contributed by atoms with E-state index in [9.17, 15) is 14.0 Å². The van der Waals surface area contributed by atoms with Crippen LogP contribution in [0.2, 0.25) is 0 Å². The second kappa shape index (κ2) is 8.86. The number of carbonyl (C=O) groups is 2. The highest BCUT2D eigenvalue weighted by Gasteiger charge is 2.36. The first-order valence-electron chi connectivity index (χ1n) is 10.6. The van der Waals surface area contributed by atoms with Crippen molar-refractivity contribution in [2.24, 2.45) is 5.92 Å². The Kier molecular flexibility index (Phi) is 6.02. The van der Waals surface area contributed by atoms with Gasteiger partial charge >= 0.3 is 0 Å². The lowest BCUT2D eigenvalue weighted by Gasteiger charge is -2.44. The fraction of sp³-hybridized carbons (Fsp3) is 0.417. The average molecular weight is 410 g/mol. The molecule has 2 aliphatic rings. The number of halogens is 1. The number of methoxy groups -OCH3 is 1. The van der Waals surface area contributed by atoms with Crippen LogP contribution in [0.25, 0.3) is 0 Å². The Morgan fingerprint density at radius 2 is 1.70 bits per heavy atom. The van der Waals surface area contributed by atoms with Gasteiger partial charge in [-0.2, -0.15) is 0 Å². The van der Waals surface area contributed by atoms with E-state index in [-0.39, 0.29) is 11.8 Å². The van der Waals surface area contributed by atoms with Crippen LogP contribution >= 0.6 is 0 Å². The Hall–Kier alpha value is -2.89. The molecule has 1 N–H and O–H groups in total. The van der Waals surface area contributed by atoms with Crippen molar-refractivity contribution in [1.29, 1.82) is 0 Å². The Morgan fingerprint density at radius 1 is 1.00 bits per heavy atom. The molecule has 1 aliphatic carbocycles. The van der Waals surface area contributed by atoms with Gasteiger partial charge in [0.05, 0.1) is 12.8 Å². The summed E-state index contributed by atoms with van der Waals surface area (Å²) in [4.78, 5) is 27.8. The zero-order valence-corrected chi connectivity index (χ0v) is 17.2. The number of amides is 2. The third kappa shape index (κ3) is 4.18. The van der Waals surface area contributed by atoms with Gasteiger partial charge < -0.3 is 15.0 Å². The number of ether oxygens (including phenoxy) is 1. The van der Waals surface area contributed by atoms with E-state index in [4.69, 9.17) is 4.74 Å². The number of likely N-dealkylation sites (tertiary alicyclic amines) is 1. The second-order valence-electron chi connectivity index (χ2n) is 8.13. The summed E-state index contributed by atoms with van der Waals surface area (Å²) in [6.45, 7) is 0.797. The number of nitrogens with zero attached hydrogens (tertiary/aromatic N) is 1. The fourth-order valence-corrected chi connectivity index (χ4v) is 4.77. The summed E-state index contributed by atoms with van der Waals surface area (Å²) in [6.07, 6.45) is 7.01. The molecule has 1 saturated carbocycles. The largest absolute Gasteiger partial charge is 0.495 e. The zero-order chi connectivity index (χ0) is 21.1. The van der Waals surface area contributed by atoms with Crippen molar-refractivity contribution in [2.45, 2.75) is 44.6 Å². The Labute approximate surface area is 176 Å². The number of carbonyl (C=O) groups excluding carboxylic acids is 2. The number of fused-ring (bicyclic) bond motifs is 1. The summed E-state index contributed by atoms with van der Waals surface area (Å²) in [7, 11) is 1.51. The maximum Gasteiger partial charge on any atom is 0.255 e. The van der Waals surface area contributed by atoms with E-state index in [1.807, 2.05) is 4.90 Å². The highest BCUT2D eigenvalue weighted by Crippen LogP contribution is 2.36. The predicted molar refractivity (Wildman–Crippen MR) is 113 cm³/mol. The van der Waals surface area contributed by atoms with Crippen LogP contribution in [0.4, 0.5) is 10.1 Å². The summed E-state index contributed by atoms with van der Waals surface area (Å²) in [5, 5.41) is 2.78. The lowest BCUT2D eigenvalue weighted by Crippen LogP contribution is -2.49. The molecule has 158 valence electrons. The lowest BCUT2D eigenvalue weighted by molar-refractivity contribution is 0.0390. The van der Waals surface area contributed by atoms with Gasteiger partial charge in [-0.15, -0.1) is 0 Å². The molecule has 6 heteroatoms. The summed E-state index contributed by atoms with van der Waals surface area (Å²) in [5.74, 6) is 0.306. The molecule has 0 aromatic heterocycles. The van der Waals surface area contributed by atoms with Crippen LogP contribution in [0, 0.1) is 11.7 Å². The van der Waals surface area contributed by atoms with Gasteiger partial charge in [0.25, 0.3) is 11.8 Å². The molecule has 2 aromatic carbocycles. The average Bonchev–Trinajstić information content (AvgIpc) is 2.79. The number of rotatable bonds is 4. The quantitative estimate of drug-likeness (QED) is 0.781. The molecule has 1 saturated heterocycles. The molecule has 1 aliphatic heterocycles. The van der Waals surface area contributed by atoms with Crippen molar-refractivity contribution >= 4 is 17.5 Å². The van der Waals surface area contributed by atoms with Crippen LogP contribution in [0.3, 0.4) is 0 Å². The minimum absolute atomic E-state index is 0.0290. The lowest BCUT2D eigenvalue weighted by atomic mass is 9.78. The van der Waals surface area contributed by atoms with Crippen molar-refractivity contribution in [3.05, 3.63) is 59.4 Å². The van der Waals surface area contributed by atoms with Gasteiger partial charge in [-0.05, 0) is 74.1 Å². The van der Waals surface area contributed by atoms with Crippen LogP contribution in [0.1, 0.15) is 59.2 Å². The van der Waals surface area contributed by atoms with E-state index in [1.165, 1.54) is 57.1 Å². The molecule has 2 fully saturated rings. The molecular formula is C24H27FN2O3. The van der Waals surface area contributed by atoms with Gasteiger partial charge in [0.15, 0.2) is 0 Å². The van der Waals surface area contributed by atoms with Crippen molar-refractivity contribution in [1.82, 2.24) is 4.90 Å². The smallest absolute Gasteiger partial charge is 0.255 e. The first-order chi connectivity index (χ1) is 14.6. The van der Waals surface area contributed by atoms with E-state index in [1.54, 1.807) is 18.2 Å². The SMILES string of the molecule is COc1cc(C(=O)N2CCC[C@@H]3CCCC[C@@H]32)ccc1NC(=O)c1ccc(F)cc1. The summed E-state index contributed by atoms with van der Waals surface area (Å²) in [5.41, 5.74) is 1.38. The highest BCUT2D eigenvalue weighted by molar-refractivity contribution is 6.05. The summed E-state index contributed by atoms with van der Waals surface area (Å²) >= 11 is 0. The molecular weight excluding hydrogens is 383 g/mol. The van der Waals surface area contributed by atoms with Crippen molar-refractivity contribution in [3.63, 3.8) is 0 Å². The van der Waals surface area contributed by atoms with E-state index in [0.717, 1.165) is 19.4 Å². The number of hydrogen-bond acceptors (Lipinski definition) is 3. The number of hydrogen-bond donors (Lipinski definition) is 1. The van der Waals surface area contributed by atoms with Crippen LogP contribution < -0.4 is 10.1 Å². The summed E-state index contributed by atoms with van der Waals surface area (Å²) in [6, 6.07) is 10.8. The van der Waals surface area contributed by atoms with Gasteiger partial charge in [0.2, 0.25) is 0 Å². The minimum atomic E-state index is -0.398. The maximum atomic E-state index is 13.3. The van der Waals surface area contributed by atoms with Crippen molar-refractivity contribution < 1.29 is 18.7 Å². The molecule has 0 bridgehead atoms. The number of anilines is 1. The van der Waals surface area contributed by atoms with Crippen molar-refractivity contribution in [3.8, 4) is 5.75 Å². The van der Waals surface area contributed by atoms with Crippen LogP contribution in [-0.2, 0) is 0 Å². The van der Waals surface area contributed by atoms with E-state index in [0.29, 0.717) is 34.5 Å². The molecule has 2 amide bonds. The van der Waals surface area contributed by atoms with Gasteiger partial charge in [-0.3, -0.25) is 9.59 Å². The first-order valence-corrected chi connectivity index (χ1v) is 10.6. The maximum absolute atomic E-state index is 13.3. The minimum Gasteiger partial charge on any atom is -0.495 e. The van der Waals surface area contributed by atoms with E-state index in [2.05, 4.69) is 5.32 Å². The highest BCUT2D eigenvalue weighted by atomic mass is 19.1. The molecule has 2 aromatic rings. The molecule has 2 atom stereocenters. The van der Waals surface area contributed by atoms with E-state index < -0.39 is 5.82 Å². The molecule has 5 nitrogen and oxygen atoms in total. The summed E-state index contributed by atoms with van der Waals surface area (Å²) < 4.78 is 18.5. The Morgan fingerprint density at radius 3 is 2.47 bits per heavy atom. The van der Waals surface area contributed by atoms with Gasteiger partial charge in [-0.1, -0.05) is 12.8 Å². The zero-order valence-electron chi connectivity index (χ0n) is 17.2. The third-order valence-corrected chi connectivity index (χ3v) is 6.31. The van der Waals surface area contributed by atoms with E-state index >= 15 is 0 Å². The second-order valence-corrected chi connectivity index (χ2v) is 8.13. The normalized spacial score (nSPS) is 20.9. The van der Waals surface area contributed by atoms with Gasteiger partial charge in [-0.25, -0.2) is 4.39 Å².